The maximum atomic E-state index is 13.2. The van der Waals surface area contributed by atoms with Gasteiger partial charge in [-0.05, 0) is 56.2 Å². The van der Waals surface area contributed by atoms with Crippen LogP contribution >= 0.6 is 0 Å². The van der Waals surface area contributed by atoms with Crippen molar-refractivity contribution in [1.29, 1.82) is 0 Å². The number of nitrogens with zero attached hydrogens (tertiary/aromatic N) is 4. The normalized spacial score (nSPS) is 21.2. The van der Waals surface area contributed by atoms with Gasteiger partial charge in [0.25, 0.3) is 0 Å². The van der Waals surface area contributed by atoms with Crippen LogP contribution in [0.4, 0.5) is 0 Å². The van der Waals surface area contributed by atoms with E-state index in [9.17, 15) is 13.2 Å². The number of likely N-dealkylation sites (tertiary alicyclic amines) is 1. The molecule has 2 fully saturated rings. The average Bonchev–Trinajstić information content (AvgIpc) is 3.25. The first kappa shape index (κ1) is 22.9. The van der Waals surface area contributed by atoms with Crippen LogP contribution in [0.1, 0.15) is 68.6 Å². The Hall–Kier alpha value is -2.26. The Labute approximate surface area is 190 Å². The zero-order chi connectivity index (χ0) is 22.9. The minimum Gasteiger partial charge on any atom is -0.342 e. The lowest BCUT2D eigenvalue weighted by Crippen LogP contribution is -2.46. The molecule has 2 aliphatic rings. The van der Waals surface area contributed by atoms with Gasteiger partial charge in [-0.3, -0.25) is 4.79 Å². The Morgan fingerprint density at radius 3 is 2.38 bits per heavy atom. The highest BCUT2D eigenvalue weighted by atomic mass is 32.2. The third-order valence-electron chi connectivity index (χ3n) is 6.61. The summed E-state index contributed by atoms with van der Waals surface area (Å²) in [6.07, 6.45) is 2.92. The van der Waals surface area contributed by atoms with E-state index in [-0.39, 0.29) is 17.7 Å². The zero-order valence-electron chi connectivity index (χ0n) is 19.0. The second-order valence-corrected chi connectivity index (χ2v) is 11.1. The summed E-state index contributed by atoms with van der Waals surface area (Å²) in [4.78, 5) is 19.7. The molecule has 0 N–H and O–H groups in total. The lowest BCUT2D eigenvalue weighted by Gasteiger charge is -2.36. The van der Waals surface area contributed by atoms with E-state index < -0.39 is 10.0 Å². The van der Waals surface area contributed by atoms with Crippen molar-refractivity contribution in [2.75, 3.05) is 26.2 Å². The van der Waals surface area contributed by atoms with Crippen molar-refractivity contribution in [3.05, 3.63) is 41.5 Å². The van der Waals surface area contributed by atoms with E-state index in [0.717, 1.165) is 24.9 Å². The van der Waals surface area contributed by atoms with E-state index in [1.54, 1.807) is 19.1 Å². The first-order chi connectivity index (χ1) is 15.3. The van der Waals surface area contributed by atoms with Crippen molar-refractivity contribution in [2.24, 2.45) is 5.92 Å². The molecule has 3 heterocycles. The molecule has 2 aliphatic heterocycles. The van der Waals surface area contributed by atoms with Gasteiger partial charge in [0.15, 0.2) is 5.82 Å². The molecule has 1 atom stereocenters. The van der Waals surface area contributed by atoms with Crippen molar-refractivity contribution >= 4 is 15.9 Å². The molecule has 2 saturated heterocycles. The van der Waals surface area contributed by atoms with Crippen molar-refractivity contribution in [3.8, 4) is 0 Å². The van der Waals surface area contributed by atoms with E-state index in [4.69, 9.17) is 4.52 Å². The number of carbonyl (C=O) groups excluding carboxylic acids is 1. The number of carbonyl (C=O) groups is 1. The SMILES string of the molecule is Cc1noc(C2CCCN(C(=O)C3CCN(S(=O)(=O)c4ccc(C(C)C)cc4)CC3)C2)n1. The molecule has 2 aromatic rings. The van der Waals surface area contributed by atoms with Gasteiger partial charge in [0.1, 0.15) is 0 Å². The molecular formula is C23H32N4O4S. The highest BCUT2D eigenvalue weighted by molar-refractivity contribution is 7.89. The monoisotopic (exact) mass is 460 g/mol. The lowest BCUT2D eigenvalue weighted by atomic mass is 9.93. The molecule has 0 saturated carbocycles. The Kier molecular flexibility index (Phi) is 6.67. The van der Waals surface area contributed by atoms with Gasteiger partial charge in [0.2, 0.25) is 21.8 Å². The molecule has 1 amide bonds. The molecule has 8 nitrogen and oxygen atoms in total. The number of benzene rings is 1. The van der Waals surface area contributed by atoms with Crippen molar-refractivity contribution in [3.63, 3.8) is 0 Å². The summed E-state index contributed by atoms with van der Waals surface area (Å²) in [5.74, 6) is 1.60. The molecule has 0 bridgehead atoms. The third-order valence-corrected chi connectivity index (χ3v) is 8.53. The minimum absolute atomic E-state index is 0.0724. The Bertz CT molecular complexity index is 1040. The molecule has 1 aromatic heterocycles. The minimum atomic E-state index is -3.54. The molecule has 1 aromatic carbocycles. The van der Waals surface area contributed by atoms with Crippen molar-refractivity contribution < 1.29 is 17.7 Å². The molecule has 174 valence electrons. The van der Waals surface area contributed by atoms with Gasteiger partial charge in [0, 0.05) is 32.1 Å². The molecule has 9 heteroatoms. The molecule has 0 aliphatic carbocycles. The largest absolute Gasteiger partial charge is 0.342 e. The number of sulfonamides is 1. The number of hydrogen-bond donors (Lipinski definition) is 0. The van der Waals surface area contributed by atoms with Gasteiger partial charge in [-0.25, -0.2) is 8.42 Å². The maximum Gasteiger partial charge on any atom is 0.243 e. The van der Waals surface area contributed by atoms with Crippen LogP contribution in [0, 0.1) is 12.8 Å². The van der Waals surface area contributed by atoms with Crippen LogP contribution in [0.15, 0.2) is 33.7 Å². The van der Waals surface area contributed by atoms with Gasteiger partial charge >= 0.3 is 0 Å². The van der Waals surface area contributed by atoms with E-state index in [0.29, 0.717) is 55.0 Å². The molecule has 4 rings (SSSR count). The zero-order valence-corrected chi connectivity index (χ0v) is 19.8. The van der Waals surface area contributed by atoms with Crippen LogP contribution in [0.2, 0.25) is 0 Å². The number of aromatic nitrogens is 2. The molecule has 1 unspecified atom stereocenters. The number of piperidine rings is 2. The lowest BCUT2D eigenvalue weighted by molar-refractivity contribution is -0.138. The van der Waals surface area contributed by atoms with Crippen LogP contribution in [0.3, 0.4) is 0 Å². The van der Waals surface area contributed by atoms with Crippen LogP contribution in [0.5, 0.6) is 0 Å². The van der Waals surface area contributed by atoms with Crippen LogP contribution in [-0.2, 0) is 14.8 Å². The highest BCUT2D eigenvalue weighted by Gasteiger charge is 2.36. The van der Waals surface area contributed by atoms with Crippen LogP contribution < -0.4 is 0 Å². The summed E-state index contributed by atoms with van der Waals surface area (Å²) >= 11 is 0. The van der Waals surface area contributed by atoms with E-state index in [1.165, 1.54) is 4.31 Å². The maximum absolute atomic E-state index is 13.2. The molecule has 32 heavy (non-hydrogen) atoms. The highest BCUT2D eigenvalue weighted by Crippen LogP contribution is 2.30. The van der Waals surface area contributed by atoms with Crippen LogP contribution in [-0.4, -0.2) is 59.8 Å². The molecule has 0 spiro atoms. The van der Waals surface area contributed by atoms with Gasteiger partial charge in [-0.2, -0.15) is 9.29 Å². The average molecular weight is 461 g/mol. The summed E-state index contributed by atoms with van der Waals surface area (Å²) in [7, 11) is -3.54. The number of hydrogen-bond acceptors (Lipinski definition) is 6. The summed E-state index contributed by atoms with van der Waals surface area (Å²) in [5.41, 5.74) is 1.11. The van der Waals surface area contributed by atoms with Crippen molar-refractivity contribution in [1.82, 2.24) is 19.3 Å². The van der Waals surface area contributed by atoms with Gasteiger partial charge < -0.3 is 9.42 Å². The predicted molar refractivity (Wildman–Crippen MR) is 120 cm³/mol. The smallest absolute Gasteiger partial charge is 0.243 e. The van der Waals surface area contributed by atoms with Crippen molar-refractivity contribution in [2.45, 2.75) is 63.2 Å². The summed E-state index contributed by atoms with van der Waals surface area (Å²) in [6, 6.07) is 7.14. The topological polar surface area (TPSA) is 96.6 Å². The predicted octanol–water partition coefficient (Wildman–Crippen LogP) is 3.31. The number of amides is 1. The van der Waals surface area contributed by atoms with Gasteiger partial charge in [0.05, 0.1) is 10.8 Å². The molecule has 0 radical (unpaired) electrons. The summed E-state index contributed by atoms with van der Waals surface area (Å²) < 4.78 is 32.9. The van der Waals surface area contributed by atoms with Gasteiger partial charge in [-0.15, -0.1) is 0 Å². The number of aryl methyl sites for hydroxylation is 1. The first-order valence-electron chi connectivity index (χ1n) is 11.4. The van der Waals surface area contributed by atoms with Gasteiger partial charge in [-0.1, -0.05) is 31.1 Å². The fraction of sp³-hybridized carbons (Fsp3) is 0.609. The summed E-state index contributed by atoms with van der Waals surface area (Å²) in [6.45, 7) is 8.00. The van der Waals surface area contributed by atoms with Crippen LogP contribution in [0.25, 0.3) is 0 Å². The molecular weight excluding hydrogens is 428 g/mol. The number of rotatable bonds is 5. The fourth-order valence-electron chi connectivity index (χ4n) is 4.63. The fourth-order valence-corrected chi connectivity index (χ4v) is 6.10. The quantitative estimate of drug-likeness (QED) is 0.679. The van der Waals surface area contributed by atoms with E-state index >= 15 is 0 Å². The Balaban J connectivity index is 1.36. The first-order valence-corrected chi connectivity index (χ1v) is 12.9. The standard InChI is InChI=1S/C23H32N4O4S/c1-16(2)18-6-8-21(9-7-18)32(29,30)27-13-10-19(11-14-27)23(28)26-12-4-5-20(15-26)22-24-17(3)25-31-22/h6-9,16,19-20H,4-5,10-15H2,1-3H3. The van der Waals surface area contributed by atoms with E-state index in [2.05, 4.69) is 24.0 Å². The van der Waals surface area contributed by atoms with E-state index in [1.807, 2.05) is 17.0 Å². The Morgan fingerprint density at radius 1 is 1.09 bits per heavy atom. The Morgan fingerprint density at radius 2 is 1.78 bits per heavy atom. The summed E-state index contributed by atoms with van der Waals surface area (Å²) in [5, 5.41) is 3.87. The third kappa shape index (κ3) is 4.73. The second kappa shape index (κ2) is 9.31. The second-order valence-electron chi connectivity index (χ2n) is 9.21.